The van der Waals surface area contributed by atoms with Gasteiger partial charge in [-0.25, -0.2) is 0 Å². The standard InChI is InChI=1S/C18H20N2S/c1-3-20-18(13(2)14-8-10-19-11-9-14)16-12-21-17-7-5-4-6-15(16)17/h4-13,18,20H,3H2,1-2H3. The summed E-state index contributed by atoms with van der Waals surface area (Å²) < 4.78 is 1.36. The minimum absolute atomic E-state index is 0.327. The lowest BCUT2D eigenvalue weighted by molar-refractivity contribution is 0.483. The lowest BCUT2D eigenvalue weighted by Gasteiger charge is -2.25. The van der Waals surface area contributed by atoms with Gasteiger partial charge in [0.05, 0.1) is 0 Å². The first kappa shape index (κ1) is 14.2. The van der Waals surface area contributed by atoms with Crippen LogP contribution in [0.4, 0.5) is 0 Å². The molecule has 3 rings (SSSR count). The molecule has 2 nitrogen and oxygen atoms in total. The second-order valence-electron chi connectivity index (χ2n) is 5.29. The molecule has 0 fully saturated rings. The molecular formula is C18H20N2S. The molecule has 1 aromatic carbocycles. The van der Waals surface area contributed by atoms with Crippen LogP contribution in [0.2, 0.25) is 0 Å². The molecule has 3 heteroatoms. The van der Waals surface area contributed by atoms with E-state index in [9.17, 15) is 0 Å². The minimum Gasteiger partial charge on any atom is -0.310 e. The fraction of sp³-hybridized carbons (Fsp3) is 0.278. The molecule has 0 saturated carbocycles. The molecule has 3 aromatic rings. The third kappa shape index (κ3) is 2.85. The maximum absolute atomic E-state index is 4.13. The summed E-state index contributed by atoms with van der Waals surface area (Å²) in [6.45, 7) is 5.42. The first-order valence-corrected chi connectivity index (χ1v) is 8.28. The van der Waals surface area contributed by atoms with Gasteiger partial charge in [-0.3, -0.25) is 4.98 Å². The van der Waals surface area contributed by atoms with E-state index in [1.165, 1.54) is 21.2 Å². The Morgan fingerprint density at radius 3 is 2.67 bits per heavy atom. The molecule has 108 valence electrons. The average Bonchev–Trinajstić information content (AvgIpc) is 2.97. The van der Waals surface area contributed by atoms with Gasteiger partial charge in [0.1, 0.15) is 0 Å². The fourth-order valence-electron chi connectivity index (χ4n) is 2.87. The Hall–Kier alpha value is -1.71. The molecule has 0 spiro atoms. The topological polar surface area (TPSA) is 24.9 Å². The third-order valence-corrected chi connectivity index (χ3v) is 4.98. The normalized spacial score (nSPS) is 14.2. The Bertz CT molecular complexity index is 705. The second kappa shape index (κ2) is 6.37. The summed E-state index contributed by atoms with van der Waals surface area (Å²) >= 11 is 1.83. The number of pyridine rings is 1. The summed E-state index contributed by atoms with van der Waals surface area (Å²) in [5, 5.41) is 7.33. The van der Waals surface area contributed by atoms with Crippen molar-refractivity contribution in [2.24, 2.45) is 0 Å². The Labute approximate surface area is 129 Å². The number of likely N-dealkylation sites (N-methyl/N-ethyl adjacent to an activating group) is 1. The van der Waals surface area contributed by atoms with E-state index in [0.29, 0.717) is 12.0 Å². The van der Waals surface area contributed by atoms with Crippen molar-refractivity contribution in [3.05, 3.63) is 65.3 Å². The van der Waals surface area contributed by atoms with Gasteiger partial charge < -0.3 is 5.32 Å². The quantitative estimate of drug-likeness (QED) is 0.735. The van der Waals surface area contributed by atoms with E-state index in [1.54, 1.807) is 0 Å². The van der Waals surface area contributed by atoms with Crippen LogP contribution in [0.1, 0.15) is 36.9 Å². The Morgan fingerprint density at radius 1 is 1.14 bits per heavy atom. The zero-order valence-corrected chi connectivity index (χ0v) is 13.2. The van der Waals surface area contributed by atoms with Crippen LogP contribution < -0.4 is 5.32 Å². The maximum Gasteiger partial charge on any atom is 0.0401 e. The van der Waals surface area contributed by atoms with Crippen molar-refractivity contribution in [2.75, 3.05) is 6.54 Å². The van der Waals surface area contributed by atoms with Crippen LogP contribution in [-0.4, -0.2) is 11.5 Å². The monoisotopic (exact) mass is 296 g/mol. The zero-order chi connectivity index (χ0) is 14.7. The van der Waals surface area contributed by atoms with Crippen LogP contribution in [0.15, 0.2) is 54.2 Å². The van der Waals surface area contributed by atoms with Crippen LogP contribution in [-0.2, 0) is 0 Å². The van der Waals surface area contributed by atoms with E-state index in [0.717, 1.165) is 6.54 Å². The van der Waals surface area contributed by atoms with Gasteiger partial charge in [-0.1, -0.05) is 32.0 Å². The Balaban J connectivity index is 2.01. The molecule has 1 N–H and O–H groups in total. The molecule has 0 radical (unpaired) electrons. The number of benzene rings is 1. The molecule has 2 aromatic heterocycles. The van der Waals surface area contributed by atoms with E-state index < -0.39 is 0 Å². The van der Waals surface area contributed by atoms with Crippen molar-refractivity contribution >= 4 is 21.4 Å². The number of hydrogen-bond donors (Lipinski definition) is 1. The van der Waals surface area contributed by atoms with Crippen molar-refractivity contribution < 1.29 is 0 Å². The van der Waals surface area contributed by atoms with E-state index in [1.807, 2.05) is 23.7 Å². The predicted molar refractivity (Wildman–Crippen MR) is 90.9 cm³/mol. The number of rotatable bonds is 5. The number of nitrogens with one attached hydrogen (secondary N) is 1. The number of fused-ring (bicyclic) bond motifs is 1. The SMILES string of the molecule is CCNC(c1csc2ccccc12)C(C)c1ccncc1. The van der Waals surface area contributed by atoms with E-state index in [2.05, 4.69) is 65.9 Å². The number of aromatic nitrogens is 1. The fourth-order valence-corrected chi connectivity index (χ4v) is 3.87. The lowest BCUT2D eigenvalue weighted by atomic mass is 9.89. The zero-order valence-electron chi connectivity index (χ0n) is 12.4. The smallest absolute Gasteiger partial charge is 0.0401 e. The van der Waals surface area contributed by atoms with Gasteiger partial charge in [0.25, 0.3) is 0 Å². The van der Waals surface area contributed by atoms with Gasteiger partial charge in [0.15, 0.2) is 0 Å². The summed E-state index contributed by atoms with van der Waals surface area (Å²) in [6, 6.07) is 13.2. The molecule has 0 saturated heterocycles. The number of thiophene rings is 1. The number of nitrogens with zero attached hydrogens (tertiary/aromatic N) is 1. The highest BCUT2D eigenvalue weighted by atomic mass is 32.1. The van der Waals surface area contributed by atoms with E-state index in [4.69, 9.17) is 0 Å². The molecule has 0 aliphatic rings. The molecule has 0 aliphatic heterocycles. The molecule has 2 atom stereocenters. The van der Waals surface area contributed by atoms with Crippen molar-refractivity contribution in [1.82, 2.24) is 10.3 Å². The van der Waals surface area contributed by atoms with E-state index in [-0.39, 0.29) is 0 Å². The lowest BCUT2D eigenvalue weighted by Crippen LogP contribution is -2.25. The first-order chi connectivity index (χ1) is 10.3. The summed E-state index contributed by atoms with van der Waals surface area (Å²) in [5.74, 6) is 0.408. The molecule has 0 bridgehead atoms. The summed E-state index contributed by atoms with van der Waals surface area (Å²) in [7, 11) is 0. The molecule has 0 amide bonds. The van der Waals surface area contributed by atoms with Crippen molar-refractivity contribution in [3.63, 3.8) is 0 Å². The van der Waals surface area contributed by atoms with Gasteiger partial charge in [-0.05, 0) is 46.6 Å². The average molecular weight is 296 g/mol. The highest BCUT2D eigenvalue weighted by molar-refractivity contribution is 7.17. The Morgan fingerprint density at radius 2 is 1.90 bits per heavy atom. The first-order valence-electron chi connectivity index (χ1n) is 7.40. The van der Waals surface area contributed by atoms with Gasteiger partial charge in [-0.15, -0.1) is 11.3 Å². The van der Waals surface area contributed by atoms with Crippen molar-refractivity contribution in [2.45, 2.75) is 25.8 Å². The van der Waals surface area contributed by atoms with Gasteiger partial charge in [0, 0.05) is 29.1 Å². The molecule has 21 heavy (non-hydrogen) atoms. The van der Waals surface area contributed by atoms with Crippen LogP contribution in [0.25, 0.3) is 10.1 Å². The van der Waals surface area contributed by atoms with Crippen LogP contribution in [0, 0.1) is 0 Å². The predicted octanol–water partition coefficient (Wildman–Crippen LogP) is 4.75. The number of hydrogen-bond acceptors (Lipinski definition) is 3. The van der Waals surface area contributed by atoms with Crippen molar-refractivity contribution in [1.29, 1.82) is 0 Å². The summed E-state index contributed by atoms with van der Waals surface area (Å²) in [4.78, 5) is 4.13. The van der Waals surface area contributed by atoms with Crippen LogP contribution in [0.3, 0.4) is 0 Å². The van der Waals surface area contributed by atoms with Gasteiger partial charge >= 0.3 is 0 Å². The van der Waals surface area contributed by atoms with E-state index >= 15 is 0 Å². The third-order valence-electron chi connectivity index (χ3n) is 4.00. The Kier molecular flexibility index (Phi) is 4.32. The molecule has 0 aliphatic carbocycles. The van der Waals surface area contributed by atoms with Gasteiger partial charge in [-0.2, -0.15) is 0 Å². The molecule has 2 unspecified atom stereocenters. The summed E-state index contributed by atoms with van der Waals surface area (Å²) in [6.07, 6.45) is 3.75. The maximum atomic E-state index is 4.13. The molecule has 2 heterocycles. The highest BCUT2D eigenvalue weighted by Crippen LogP contribution is 2.37. The van der Waals surface area contributed by atoms with Crippen LogP contribution in [0.5, 0.6) is 0 Å². The minimum atomic E-state index is 0.327. The second-order valence-corrected chi connectivity index (χ2v) is 6.20. The van der Waals surface area contributed by atoms with Gasteiger partial charge in [0.2, 0.25) is 0 Å². The summed E-state index contributed by atoms with van der Waals surface area (Å²) in [5.41, 5.74) is 2.73. The molecular weight excluding hydrogens is 276 g/mol. The largest absolute Gasteiger partial charge is 0.310 e. The van der Waals surface area contributed by atoms with Crippen molar-refractivity contribution in [3.8, 4) is 0 Å². The van der Waals surface area contributed by atoms with Crippen LogP contribution >= 0.6 is 11.3 Å². The highest BCUT2D eigenvalue weighted by Gasteiger charge is 2.22.